The molecule has 0 fully saturated rings. The number of rotatable bonds is 4. The van der Waals surface area contributed by atoms with Crippen LogP contribution >= 0.6 is 0 Å². The summed E-state index contributed by atoms with van der Waals surface area (Å²) < 4.78 is 15.7. The standard InChI is InChI=1S/C15H12N2O6/c18-15(10-1-3-16-4-2-10)22-8-12-6-13(17(19)20)5-11-7-21-9-23-14(11)12/h1-6H,7-9H2. The first-order valence-electron chi connectivity index (χ1n) is 6.73. The average Bonchev–Trinajstić information content (AvgIpc) is 2.59. The molecule has 0 N–H and O–H groups in total. The third kappa shape index (κ3) is 3.27. The van der Waals surface area contributed by atoms with E-state index in [1.165, 1.54) is 36.7 Å². The van der Waals surface area contributed by atoms with Gasteiger partial charge >= 0.3 is 5.97 Å². The van der Waals surface area contributed by atoms with E-state index in [0.717, 1.165) is 0 Å². The van der Waals surface area contributed by atoms with Crippen molar-refractivity contribution in [1.82, 2.24) is 4.98 Å². The largest absolute Gasteiger partial charge is 0.467 e. The van der Waals surface area contributed by atoms with Crippen LogP contribution < -0.4 is 4.74 Å². The second-order valence-electron chi connectivity index (χ2n) is 4.77. The number of fused-ring (bicyclic) bond motifs is 1. The Labute approximate surface area is 130 Å². The molecule has 0 spiro atoms. The number of carbonyl (C=O) groups excluding carboxylic acids is 1. The van der Waals surface area contributed by atoms with E-state index in [1.54, 1.807) is 0 Å². The monoisotopic (exact) mass is 316 g/mol. The van der Waals surface area contributed by atoms with Crippen molar-refractivity contribution in [1.29, 1.82) is 0 Å². The number of nitrogens with zero attached hydrogens (tertiary/aromatic N) is 2. The number of ether oxygens (including phenoxy) is 3. The molecule has 3 rings (SSSR count). The van der Waals surface area contributed by atoms with E-state index in [9.17, 15) is 14.9 Å². The van der Waals surface area contributed by atoms with Crippen molar-refractivity contribution < 1.29 is 23.9 Å². The molecule has 0 saturated carbocycles. The van der Waals surface area contributed by atoms with Crippen molar-refractivity contribution in [2.75, 3.05) is 6.79 Å². The first-order valence-corrected chi connectivity index (χ1v) is 6.73. The topological polar surface area (TPSA) is 101 Å². The lowest BCUT2D eigenvalue weighted by molar-refractivity contribution is -0.385. The van der Waals surface area contributed by atoms with E-state index < -0.39 is 10.9 Å². The molecule has 0 unspecified atom stereocenters. The first kappa shape index (κ1) is 14.9. The molecule has 0 bridgehead atoms. The Morgan fingerprint density at radius 1 is 1.35 bits per heavy atom. The molecule has 8 nitrogen and oxygen atoms in total. The number of pyridine rings is 1. The number of non-ortho nitro benzene ring substituents is 1. The minimum Gasteiger partial charge on any atom is -0.467 e. The third-order valence-corrected chi connectivity index (χ3v) is 3.26. The summed E-state index contributed by atoms with van der Waals surface area (Å²) in [5.41, 5.74) is 1.23. The quantitative estimate of drug-likeness (QED) is 0.484. The number of esters is 1. The van der Waals surface area contributed by atoms with Crippen LogP contribution in [0.15, 0.2) is 36.7 Å². The Kier molecular flexibility index (Phi) is 4.15. The third-order valence-electron chi connectivity index (χ3n) is 3.26. The van der Waals surface area contributed by atoms with Gasteiger partial charge in [0.25, 0.3) is 5.69 Å². The molecule has 1 aromatic carbocycles. The maximum Gasteiger partial charge on any atom is 0.338 e. The fourth-order valence-electron chi connectivity index (χ4n) is 2.21. The second-order valence-corrected chi connectivity index (χ2v) is 4.77. The molecule has 0 amide bonds. The van der Waals surface area contributed by atoms with Gasteiger partial charge < -0.3 is 14.2 Å². The number of nitro benzene ring substituents is 1. The van der Waals surface area contributed by atoms with Gasteiger partial charge in [-0.05, 0) is 12.1 Å². The number of carbonyl (C=O) groups is 1. The van der Waals surface area contributed by atoms with Gasteiger partial charge in [-0.2, -0.15) is 0 Å². The van der Waals surface area contributed by atoms with E-state index in [0.29, 0.717) is 22.4 Å². The molecular formula is C15H12N2O6. The molecule has 8 heteroatoms. The van der Waals surface area contributed by atoms with Crippen molar-refractivity contribution in [2.45, 2.75) is 13.2 Å². The maximum absolute atomic E-state index is 12.0. The van der Waals surface area contributed by atoms with Gasteiger partial charge in [0.1, 0.15) is 12.4 Å². The van der Waals surface area contributed by atoms with Gasteiger partial charge in [-0.3, -0.25) is 15.1 Å². The van der Waals surface area contributed by atoms with Crippen LogP contribution in [0.3, 0.4) is 0 Å². The minimum absolute atomic E-state index is 0.0517. The van der Waals surface area contributed by atoms with Gasteiger partial charge in [0.15, 0.2) is 6.79 Å². The fraction of sp³-hybridized carbons (Fsp3) is 0.200. The normalized spacial score (nSPS) is 12.9. The van der Waals surface area contributed by atoms with Gasteiger partial charge in [-0.1, -0.05) is 0 Å². The van der Waals surface area contributed by atoms with Crippen molar-refractivity contribution in [3.63, 3.8) is 0 Å². The van der Waals surface area contributed by atoms with Crippen molar-refractivity contribution in [3.05, 3.63) is 63.5 Å². The number of hydrogen-bond acceptors (Lipinski definition) is 7. The molecule has 1 aliphatic rings. The molecule has 23 heavy (non-hydrogen) atoms. The summed E-state index contributed by atoms with van der Waals surface area (Å²) in [7, 11) is 0. The Morgan fingerprint density at radius 3 is 2.87 bits per heavy atom. The first-order chi connectivity index (χ1) is 11.1. The smallest absolute Gasteiger partial charge is 0.338 e. The Hall–Kier alpha value is -3.00. The molecular weight excluding hydrogens is 304 g/mol. The zero-order chi connectivity index (χ0) is 16.2. The molecule has 1 aromatic heterocycles. The number of nitro groups is 1. The van der Waals surface area contributed by atoms with Crippen LogP contribution in [-0.4, -0.2) is 22.7 Å². The van der Waals surface area contributed by atoms with E-state index in [-0.39, 0.29) is 25.7 Å². The SMILES string of the molecule is O=C(OCc1cc([N+](=O)[O-])cc2c1OCOC2)c1ccncc1. The molecule has 2 aromatic rings. The van der Waals surface area contributed by atoms with Crippen LogP contribution in [0.5, 0.6) is 5.75 Å². The van der Waals surface area contributed by atoms with Gasteiger partial charge in [0, 0.05) is 35.7 Å². The van der Waals surface area contributed by atoms with Crippen LogP contribution in [0.2, 0.25) is 0 Å². The molecule has 0 radical (unpaired) electrons. The summed E-state index contributed by atoms with van der Waals surface area (Å²) in [6.07, 6.45) is 2.96. The minimum atomic E-state index is -0.542. The molecule has 1 aliphatic heterocycles. The maximum atomic E-state index is 12.0. The summed E-state index contributed by atoms with van der Waals surface area (Å²) in [6.45, 7) is 0.129. The van der Waals surface area contributed by atoms with Gasteiger partial charge in [-0.25, -0.2) is 4.79 Å². The van der Waals surface area contributed by atoms with Crippen molar-refractivity contribution in [2.24, 2.45) is 0 Å². The highest BCUT2D eigenvalue weighted by atomic mass is 16.7. The number of benzene rings is 1. The van der Waals surface area contributed by atoms with E-state index in [2.05, 4.69) is 4.98 Å². The van der Waals surface area contributed by atoms with Crippen LogP contribution in [0.4, 0.5) is 5.69 Å². The predicted octanol–water partition coefficient (Wildman–Crippen LogP) is 2.21. The van der Waals surface area contributed by atoms with E-state index in [4.69, 9.17) is 14.2 Å². The van der Waals surface area contributed by atoms with Gasteiger partial charge in [0.2, 0.25) is 0 Å². The zero-order valence-corrected chi connectivity index (χ0v) is 11.9. The molecule has 2 heterocycles. The molecule has 0 aliphatic carbocycles. The van der Waals surface area contributed by atoms with Gasteiger partial charge in [0.05, 0.1) is 17.1 Å². The van der Waals surface area contributed by atoms with Crippen LogP contribution in [0, 0.1) is 10.1 Å². The lowest BCUT2D eigenvalue weighted by Gasteiger charge is -2.20. The summed E-state index contributed by atoms with van der Waals surface area (Å²) in [5.74, 6) is -0.0795. The van der Waals surface area contributed by atoms with Crippen LogP contribution in [0.25, 0.3) is 0 Å². The zero-order valence-electron chi connectivity index (χ0n) is 11.9. The highest BCUT2D eigenvalue weighted by molar-refractivity contribution is 5.89. The Balaban J connectivity index is 1.83. The molecule has 0 atom stereocenters. The van der Waals surface area contributed by atoms with Crippen LogP contribution in [-0.2, 0) is 22.7 Å². The lowest BCUT2D eigenvalue weighted by atomic mass is 10.1. The Morgan fingerprint density at radius 2 is 2.13 bits per heavy atom. The molecule has 118 valence electrons. The number of aromatic nitrogens is 1. The summed E-state index contributed by atoms with van der Waals surface area (Å²) >= 11 is 0. The fourth-order valence-corrected chi connectivity index (χ4v) is 2.21. The lowest BCUT2D eigenvalue weighted by Crippen LogP contribution is -2.15. The second kappa shape index (κ2) is 6.41. The summed E-state index contributed by atoms with van der Waals surface area (Å²) in [6, 6.07) is 5.78. The Bertz CT molecular complexity index is 747. The average molecular weight is 316 g/mol. The van der Waals surface area contributed by atoms with Crippen LogP contribution in [0.1, 0.15) is 21.5 Å². The molecule has 0 saturated heterocycles. The van der Waals surface area contributed by atoms with E-state index in [1.807, 2.05) is 0 Å². The van der Waals surface area contributed by atoms with Gasteiger partial charge in [-0.15, -0.1) is 0 Å². The number of hydrogen-bond donors (Lipinski definition) is 0. The summed E-state index contributed by atoms with van der Waals surface area (Å²) in [5, 5.41) is 11.0. The summed E-state index contributed by atoms with van der Waals surface area (Å²) in [4.78, 5) is 26.3. The van der Waals surface area contributed by atoms with E-state index >= 15 is 0 Å². The highest BCUT2D eigenvalue weighted by Gasteiger charge is 2.22. The highest BCUT2D eigenvalue weighted by Crippen LogP contribution is 2.33. The van der Waals surface area contributed by atoms with Crippen molar-refractivity contribution in [3.8, 4) is 5.75 Å². The van der Waals surface area contributed by atoms with Crippen molar-refractivity contribution >= 4 is 11.7 Å². The predicted molar refractivity (Wildman–Crippen MR) is 76.7 cm³/mol.